The second-order valence-corrected chi connectivity index (χ2v) is 3.38. The molecule has 0 saturated heterocycles. The highest BCUT2D eigenvalue weighted by molar-refractivity contribution is 5.76. The summed E-state index contributed by atoms with van der Waals surface area (Å²) in [6, 6.07) is 0. The molecule has 3 N–H and O–H groups in total. The highest BCUT2D eigenvalue weighted by Crippen LogP contribution is 2.06. The van der Waals surface area contributed by atoms with Crippen molar-refractivity contribution < 1.29 is 4.79 Å². The van der Waals surface area contributed by atoms with Crippen LogP contribution in [0.25, 0.3) is 11.2 Å². The molecule has 0 saturated carbocycles. The minimum atomic E-state index is -0.533. The Morgan fingerprint density at radius 2 is 2.41 bits per heavy atom. The molecule has 7 nitrogen and oxygen atoms in total. The van der Waals surface area contributed by atoms with Crippen LogP contribution in [0.1, 0.15) is 5.82 Å². The van der Waals surface area contributed by atoms with E-state index >= 15 is 0 Å². The fourth-order valence-electron chi connectivity index (χ4n) is 1.47. The van der Waals surface area contributed by atoms with Crippen molar-refractivity contribution in [3.05, 3.63) is 22.5 Å². The van der Waals surface area contributed by atoms with Gasteiger partial charge in [0.1, 0.15) is 11.3 Å². The van der Waals surface area contributed by atoms with Crippen LogP contribution in [0.3, 0.4) is 0 Å². The SMILES string of the molecule is C#CCn1c(=O)[nH]c2nc(CC(N)=O)ncc21. The number of nitrogens with zero attached hydrogens (tertiary/aromatic N) is 3. The largest absolute Gasteiger partial charge is 0.369 e. The van der Waals surface area contributed by atoms with Gasteiger partial charge in [-0.05, 0) is 0 Å². The average molecular weight is 231 g/mol. The molecule has 2 aromatic heterocycles. The van der Waals surface area contributed by atoms with E-state index in [0.29, 0.717) is 11.2 Å². The van der Waals surface area contributed by atoms with Gasteiger partial charge in [-0.25, -0.2) is 14.8 Å². The number of fused-ring (bicyclic) bond motifs is 1. The monoisotopic (exact) mass is 231 g/mol. The fourth-order valence-corrected chi connectivity index (χ4v) is 1.47. The van der Waals surface area contributed by atoms with Crippen LogP contribution in [0.2, 0.25) is 0 Å². The summed E-state index contributed by atoms with van der Waals surface area (Å²) >= 11 is 0. The maximum Gasteiger partial charge on any atom is 0.328 e. The van der Waals surface area contributed by atoms with Crippen LogP contribution in [-0.4, -0.2) is 25.4 Å². The van der Waals surface area contributed by atoms with Gasteiger partial charge in [0, 0.05) is 0 Å². The highest BCUT2D eigenvalue weighted by Gasteiger charge is 2.09. The molecular formula is C10H9N5O2. The van der Waals surface area contributed by atoms with Crippen molar-refractivity contribution in [1.82, 2.24) is 19.5 Å². The first kappa shape index (κ1) is 10.9. The standard InChI is InChI=1S/C10H9N5O2/c1-2-3-15-6-5-12-8(4-7(11)16)13-9(6)14-10(15)17/h1,5H,3-4H2,(H2,11,16)(H,12,13,14,17). The molecule has 0 radical (unpaired) electrons. The first-order chi connectivity index (χ1) is 8.11. The van der Waals surface area contributed by atoms with Crippen LogP contribution in [-0.2, 0) is 17.8 Å². The van der Waals surface area contributed by atoms with Gasteiger partial charge in [0.2, 0.25) is 5.91 Å². The van der Waals surface area contributed by atoms with Gasteiger partial charge < -0.3 is 5.73 Å². The first-order valence-corrected chi connectivity index (χ1v) is 4.78. The minimum Gasteiger partial charge on any atom is -0.369 e. The molecule has 0 atom stereocenters. The van der Waals surface area contributed by atoms with Crippen LogP contribution < -0.4 is 11.4 Å². The Labute approximate surface area is 95.7 Å². The van der Waals surface area contributed by atoms with Crippen molar-refractivity contribution in [2.24, 2.45) is 5.73 Å². The molecule has 1 amide bonds. The van der Waals surface area contributed by atoms with Gasteiger partial charge in [-0.1, -0.05) is 5.92 Å². The second kappa shape index (κ2) is 4.09. The number of amides is 1. The number of nitrogens with two attached hydrogens (primary N) is 1. The molecule has 0 unspecified atom stereocenters. The van der Waals surface area contributed by atoms with Gasteiger partial charge in [0.15, 0.2) is 5.65 Å². The number of carbonyl (C=O) groups excluding carboxylic acids is 1. The Morgan fingerprint density at radius 3 is 3.06 bits per heavy atom. The Bertz CT molecular complexity index is 676. The number of hydrogen-bond donors (Lipinski definition) is 2. The lowest BCUT2D eigenvalue weighted by molar-refractivity contribution is -0.117. The summed E-state index contributed by atoms with van der Waals surface area (Å²) in [5, 5.41) is 0. The predicted octanol–water partition coefficient (Wildman–Crippen LogP) is -1.22. The third-order valence-corrected chi connectivity index (χ3v) is 2.16. The summed E-state index contributed by atoms with van der Waals surface area (Å²) in [7, 11) is 0. The van der Waals surface area contributed by atoms with E-state index in [1.165, 1.54) is 10.8 Å². The van der Waals surface area contributed by atoms with E-state index in [1.54, 1.807) is 0 Å². The fraction of sp³-hybridized carbons (Fsp3) is 0.200. The van der Waals surface area contributed by atoms with Crippen LogP contribution in [0.15, 0.2) is 11.0 Å². The number of carbonyl (C=O) groups is 1. The molecule has 17 heavy (non-hydrogen) atoms. The van der Waals surface area contributed by atoms with E-state index in [2.05, 4.69) is 20.9 Å². The predicted molar refractivity (Wildman–Crippen MR) is 59.9 cm³/mol. The summed E-state index contributed by atoms with van der Waals surface area (Å²) in [5.74, 6) is 2.09. The lowest BCUT2D eigenvalue weighted by atomic mass is 10.4. The Hall–Kier alpha value is -2.62. The maximum atomic E-state index is 11.5. The highest BCUT2D eigenvalue weighted by atomic mass is 16.1. The van der Waals surface area contributed by atoms with Crippen LogP contribution in [0.5, 0.6) is 0 Å². The Morgan fingerprint density at radius 1 is 1.65 bits per heavy atom. The number of aromatic nitrogens is 4. The Balaban J connectivity index is 2.54. The third-order valence-electron chi connectivity index (χ3n) is 2.16. The van der Waals surface area contributed by atoms with Gasteiger partial charge >= 0.3 is 5.69 Å². The molecular weight excluding hydrogens is 222 g/mol. The van der Waals surface area contributed by atoms with E-state index in [-0.39, 0.29) is 24.5 Å². The molecule has 86 valence electrons. The van der Waals surface area contributed by atoms with Gasteiger partial charge in [0.25, 0.3) is 0 Å². The lowest BCUT2D eigenvalue weighted by Crippen LogP contribution is -2.16. The third kappa shape index (κ3) is 2.01. The zero-order valence-corrected chi connectivity index (χ0v) is 8.80. The number of rotatable bonds is 3. The molecule has 0 spiro atoms. The van der Waals surface area contributed by atoms with E-state index in [1.807, 2.05) is 0 Å². The summed E-state index contributed by atoms with van der Waals surface area (Å²) in [4.78, 5) is 32.7. The van der Waals surface area contributed by atoms with Gasteiger partial charge in [-0.3, -0.25) is 14.3 Å². The molecule has 0 bridgehead atoms. The number of imidazole rings is 1. The molecule has 0 aliphatic rings. The van der Waals surface area contributed by atoms with Gasteiger partial charge in [0.05, 0.1) is 19.2 Å². The number of hydrogen-bond acceptors (Lipinski definition) is 4. The number of H-pyrrole nitrogens is 1. The quantitative estimate of drug-likeness (QED) is 0.645. The molecule has 7 heteroatoms. The maximum absolute atomic E-state index is 11.5. The van der Waals surface area contributed by atoms with Crippen molar-refractivity contribution in [2.45, 2.75) is 13.0 Å². The zero-order valence-electron chi connectivity index (χ0n) is 8.80. The smallest absolute Gasteiger partial charge is 0.328 e. The zero-order chi connectivity index (χ0) is 12.4. The number of primary amides is 1. The summed E-state index contributed by atoms with van der Waals surface area (Å²) in [5.41, 5.74) is 5.52. The average Bonchev–Trinajstić information content (AvgIpc) is 2.54. The minimum absolute atomic E-state index is 0.0711. The van der Waals surface area contributed by atoms with E-state index in [9.17, 15) is 9.59 Å². The number of aromatic amines is 1. The molecule has 0 fully saturated rings. The van der Waals surface area contributed by atoms with Crippen molar-refractivity contribution in [3.8, 4) is 12.3 Å². The lowest BCUT2D eigenvalue weighted by Gasteiger charge is -1.98. The summed E-state index contributed by atoms with van der Waals surface area (Å²) in [6.07, 6.45) is 6.52. The van der Waals surface area contributed by atoms with Crippen LogP contribution >= 0.6 is 0 Å². The summed E-state index contributed by atoms with van der Waals surface area (Å²) < 4.78 is 1.34. The molecule has 2 rings (SSSR count). The van der Waals surface area contributed by atoms with E-state index < -0.39 is 5.91 Å². The second-order valence-electron chi connectivity index (χ2n) is 3.38. The molecule has 2 aromatic rings. The normalized spacial score (nSPS) is 10.3. The van der Waals surface area contributed by atoms with Crippen molar-refractivity contribution in [1.29, 1.82) is 0 Å². The first-order valence-electron chi connectivity index (χ1n) is 4.78. The van der Waals surface area contributed by atoms with Crippen molar-refractivity contribution >= 4 is 17.1 Å². The van der Waals surface area contributed by atoms with Gasteiger partial charge in [-0.2, -0.15) is 0 Å². The van der Waals surface area contributed by atoms with Crippen molar-refractivity contribution in [3.63, 3.8) is 0 Å². The topological polar surface area (TPSA) is 107 Å². The van der Waals surface area contributed by atoms with E-state index in [0.717, 1.165) is 0 Å². The van der Waals surface area contributed by atoms with Crippen LogP contribution in [0.4, 0.5) is 0 Å². The summed E-state index contributed by atoms with van der Waals surface area (Å²) in [6.45, 7) is 0.136. The molecule has 0 aliphatic heterocycles. The number of nitrogens with one attached hydrogen (secondary N) is 1. The van der Waals surface area contributed by atoms with E-state index in [4.69, 9.17) is 12.2 Å². The molecule has 0 aromatic carbocycles. The molecule has 2 heterocycles. The van der Waals surface area contributed by atoms with Gasteiger partial charge in [-0.15, -0.1) is 6.42 Å². The molecule has 0 aliphatic carbocycles. The van der Waals surface area contributed by atoms with Crippen molar-refractivity contribution in [2.75, 3.05) is 0 Å². The number of terminal acetylenes is 1. The Kier molecular flexibility index (Phi) is 2.62. The van der Waals surface area contributed by atoms with Crippen LogP contribution in [0, 0.1) is 12.3 Å².